The zero-order chi connectivity index (χ0) is 14.5. The zero-order valence-electron chi connectivity index (χ0n) is 11.7. The Morgan fingerprint density at radius 1 is 1.40 bits per heavy atom. The van der Waals surface area contributed by atoms with Crippen molar-refractivity contribution in [1.29, 1.82) is 0 Å². The van der Waals surface area contributed by atoms with Gasteiger partial charge in [0.25, 0.3) is 0 Å². The highest BCUT2D eigenvalue weighted by Crippen LogP contribution is 2.17. The Bertz CT molecular complexity index is 609. The van der Waals surface area contributed by atoms with Crippen LogP contribution in [0.4, 0.5) is 0 Å². The van der Waals surface area contributed by atoms with E-state index in [1.54, 1.807) is 18.0 Å². The van der Waals surface area contributed by atoms with Gasteiger partial charge in [0.05, 0.1) is 26.5 Å². The average molecular weight is 276 g/mol. The van der Waals surface area contributed by atoms with Crippen LogP contribution in [-0.2, 0) is 17.7 Å². The standard InChI is InChI=1S/C13H16N4O3/c1-4-10-11(13(18)20-3)15-16-17(10)8-9-6-5-7-14-12(9)19-2/h5-7H,4,8H2,1-3H3. The molecule has 7 heteroatoms. The summed E-state index contributed by atoms with van der Waals surface area (Å²) in [6, 6.07) is 3.71. The van der Waals surface area contributed by atoms with Crippen molar-refractivity contribution >= 4 is 5.97 Å². The summed E-state index contributed by atoms with van der Waals surface area (Å²) in [5.41, 5.74) is 1.84. The van der Waals surface area contributed by atoms with Crippen LogP contribution in [-0.4, -0.2) is 40.2 Å². The quantitative estimate of drug-likeness (QED) is 0.760. The Morgan fingerprint density at radius 2 is 2.20 bits per heavy atom. The molecular weight excluding hydrogens is 260 g/mol. The first-order chi connectivity index (χ1) is 9.71. The van der Waals surface area contributed by atoms with Crippen LogP contribution >= 0.6 is 0 Å². The first kappa shape index (κ1) is 14.0. The summed E-state index contributed by atoms with van der Waals surface area (Å²) in [5.74, 6) is 0.0518. The molecule has 0 N–H and O–H groups in total. The average Bonchev–Trinajstić information content (AvgIpc) is 2.89. The van der Waals surface area contributed by atoms with Crippen LogP contribution in [0.1, 0.15) is 28.7 Å². The van der Waals surface area contributed by atoms with Crippen LogP contribution in [0, 0.1) is 0 Å². The van der Waals surface area contributed by atoms with Gasteiger partial charge in [0.1, 0.15) is 0 Å². The number of esters is 1. The van der Waals surface area contributed by atoms with Crippen molar-refractivity contribution in [1.82, 2.24) is 20.0 Å². The van der Waals surface area contributed by atoms with Gasteiger partial charge < -0.3 is 9.47 Å². The number of aromatic nitrogens is 4. The summed E-state index contributed by atoms with van der Waals surface area (Å²) < 4.78 is 11.6. The number of hydrogen-bond acceptors (Lipinski definition) is 6. The molecule has 106 valence electrons. The van der Waals surface area contributed by atoms with Crippen LogP contribution in [0.15, 0.2) is 18.3 Å². The Balaban J connectivity index is 2.34. The summed E-state index contributed by atoms with van der Waals surface area (Å²) in [4.78, 5) is 15.7. The highest BCUT2D eigenvalue weighted by Gasteiger charge is 2.19. The Kier molecular flexibility index (Phi) is 4.29. The third kappa shape index (κ3) is 2.61. The second kappa shape index (κ2) is 6.14. The molecule has 0 aliphatic heterocycles. The second-order valence-electron chi connectivity index (χ2n) is 4.06. The van der Waals surface area contributed by atoms with Crippen molar-refractivity contribution < 1.29 is 14.3 Å². The maximum absolute atomic E-state index is 11.6. The number of methoxy groups -OCH3 is 2. The van der Waals surface area contributed by atoms with Crippen molar-refractivity contribution in [2.45, 2.75) is 19.9 Å². The van der Waals surface area contributed by atoms with Gasteiger partial charge in [-0.15, -0.1) is 5.10 Å². The first-order valence-electron chi connectivity index (χ1n) is 6.19. The van der Waals surface area contributed by atoms with Crippen LogP contribution in [0.5, 0.6) is 5.88 Å². The minimum absolute atomic E-state index is 0.248. The molecule has 0 aliphatic carbocycles. The summed E-state index contributed by atoms with van der Waals surface area (Å²) in [5, 5.41) is 7.90. The van der Waals surface area contributed by atoms with Crippen molar-refractivity contribution in [2.24, 2.45) is 0 Å². The minimum atomic E-state index is -0.480. The van der Waals surface area contributed by atoms with E-state index in [1.807, 2.05) is 19.1 Å². The molecule has 2 heterocycles. The molecule has 0 unspecified atom stereocenters. The molecule has 0 fully saturated rings. The van der Waals surface area contributed by atoms with Gasteiger partial charge in [0, 0.05) is 11.8 Å². The number of nitrogens with zero attached hydrogens (tertiary/aromatic N) is 4. The van der Waals surface area contributed by atoms with E-state index in [0.29, 0.717) is 18.8 Å². The summed E-state index contributed by atoms with van der Waals surface area (Å²) >= 11 is 0. The Labute approximate surface area is 116 Å². The van der Waals surface area contributed by atoms with E-state index in [-0.39, 0.29) is 5.69 Å². The Hall–Kier alpha value is -2.44. The van der Waals surface area contributed by atoms with Gasteiger partial charge >= 0.3 is 5.97 Å². The molecule has 2 rings (SSSR count). The van der Waals surface area contributed by atoms with E-state index in [2.05, 4.69) is 15.3 Å². The van der Waals surface area contributed by atoms with Crippen molar-refractivity contribution in [3.63, 3.8) is 0 Å². The fourth-order valence-corrected chi connectivity index (χ4v) is 1.95. The predicted octanol–water partition coefficient (Wildman–Crippen LogP) is 1.08. The van der Waals surface area contributed by atoms with Gasteiger partial charge in [0.15, 0.2) is 5.69 Å². The van der Waals surface area contributed by atoms with Gasteiger partial charge in [-0.05, 0) is 12.5 Å². The lowest BCUT2D eigenvalue weighted by molar-refractivity contribution is 0.0592. The number of ether oxygens (including phenoxy) is 2. The van der Waals surface area contributed by atoms with Crippen molar-refractivity contribution in [3.05, 3.63) is 35.3 Å². The number of pyridine rings is 1. The van der Waals surface area contributed by atoms with Gasteiger partial charge in [-0.25, -0.2) is 14.5 Å². The lowest BCUT2D eigenvalue weighted by atomic mass is 10.2. The van der Waals surface area contributed by atoms with Crippen LogP contribution in [0.25, 0.3) is 0 Å². The minimum Gasteiger partial charge on any atom is -0.481 e. The largest absolute Gasteiger partial charge is 0.481 e. The molecule has 2 aromatic rings. The zero-order valence-corrected chi connectivity index (χ0v) is 11.7. The number of rotatable bonds is 5. The van der Waals surface area contributed by atoms with E-state index >= 15 is 0 Å². The predicted molar refractivity (Wildman–Crippen MR) is 70.6 cm³/mol. The van der Waals surface area contributed by atoms with Gasteiger partial charge in [-0.3, -0.25) is 0 Å². The maximum atomic E-state index is 11.6. The number of carbonyl (C=O) groups is 1. The third-order valence-electron chi connectivity index (χ3n) is 2.91. The maximum Gasteiger partial charge on any atom is 0.360 e. The highest BCUT2D eigenvalue weighted by atomic mass is 16.5. The molecule has 7 nitrogen and oxygen atoms in total. The fraction of sp³-hybridized carbons (Fsp3) is 0.385. The SMILES string of the molecule is CCc1c(C(=O)OC)nnn1Cc1cccnc1OC. The van der Waals surface area contributed by atoms with E-state index < -0.39 is 5.97 Å². The molecule has 0 bridgehead atoms. The Morgan fingerprint density at radius 3 is 2.85 bits per heavy atom. The van der Waals surface area contributed by atoms with Crippen molar-refractivity contribution in [3.8, 4) is 5.88 Å². The normalized spacial score (nSPS) is 10.3. The van der Waals surface area contributed by atoms with Gasteiger partial charge in [0.2, 0.25) is 5.88 Å². The summed E-state index contributed by atoms with van der Waals surface area (Å²) in [7, 11) is 2.89. The summed E-state index contributed by atoms with van der Waals surface area (Å²) in [6.07, 6.45) is 2.28. The summed E-state index contributed by atoms with van der Waals surface area (Å²) in [6.45, 7) is 2.37. The molecule has 2 aromatic heterocycles. The van der Waals surface area contributed by atoms with Gasteiger partial charge in [-0.2, -0.15) is 0 Å². The van der Waals surface area contributed by atoms with Crippen molar-refractivity contribution in [2.75, 3.05) is 14.2 Å². The van der Waals surface area contributed by atoms with E-state index in [0.717, 1.165) is 11.3 Å². The molecule has 0 aliphatic rings. The topological polar surface area (TPSA) is 79.1 Å². The van der Waals surface area contributed by atoms with Crippen LogP contribution < -0.4 is 4.74 Å². The smallest absolute Gasteiger partial charge is 0.360 e. The number of carbonyl (C=O) groups excluding carboxylic acids is 1. The van der Waals surface area contributed by atoms with Gasteiger partial charge in [-0.1, -0.05) is 18.2 Å². The fourth-order valence-electron chi connectivity index (χ4n) is 1.95. The molecule has 0 amide bonds. The van der Waals surface area contributed by atoms with E-state index in [1.165, 1.54) is 7.11 Å². The van der Waals surface area contributed by atoms with Crippen LogP contribution in [0.2, 0.25) is 0 Å². The molecule has 20 heavy (non-hydrogen) atoms. The third-order valence-corrected chi connectivity index (χ3v) is 2.91. The molecule has 0 radical (unpaired) electrons. The molecule has 0 aromatic carbocycles. The lowest BCUT2D eigenvalue weighted by Gasteiger charge is -2.08. The molecular formula is C13H16N4O3. The molecule has 0 spiro atoms. The molecule has 0 saturated carbocycles. The highest BCUT2D eigenvalue weighted by molar-refractivity contribution is 5.88. The molecule has 0 saturated heterocycles. The second-order valence-corrected chi connectivity index (χ2v) is 4.06. The number of hydrogen-bond donors (Lipinski definition) is 0. The van der Waals surface area contributed by atoms with E-state index in [4.69, 9.17) is 9.47 Å². The first-order valence-corrected chi connectivity index (χ1v) is 6.19. The van der Waals surface area contributed by atoms with Crippen LogP contribution in [0.3, 0.4) is 0 Å². The monoisotopic (exact) mass is 276 g/mol. The van der Waals surface area contributed by atoms with E-state index in [9.17, 15) is 4.79 Å². The molecule has 0 atom stereocenters. The lowest BCUT2D eigenvalue weighted by Crippen LogP contribution is -2.10.